The third kappa shape index (κ3) is 2.45. The molecular formula is C8H11NO5. The average Bonchev–Trinajstić information content (AvgIpc) is 2.26. The van der Waals surface area contributed by atoms with Crippen LogP contribution in [0.4, 0.5) is 4.79 Å². The van der Waals surface area contributed by atoms with Crippen LogP contribution < -0.4 is 5.32 Å². The van der Waals surface area contributed by atoms with Gasteiger partial charge in [-0.05, 0) is 20.8 Å². The zero-order chi connectivity index (χ0) is 10.9. The monoisotopic (exact) mass is 201 g/mol. The molecule has 6 heteroatoms. The molecule has 0 radical (unpaired) electrons. The van der Waals surface area contributed by atoms with Crippen molar-refractivity contribution in [3.8, 4) is 0 Å². The van der Waals surface area contributed by atoms with E-state index in [9.17, 15) is 14.4 Å². The molecule has 6 nitrogen and oxygen atoms in total. The summed E-state index contributed by atoms with van der Waals surface area (Å²) in [6, 6.07) is 0. The number of rotatable bonds is 1. The van der Waals surface area contributed by atoms with Gasteiger partial charge in [-0.2, -0.15) is 0 Å². The van der Waals surface area contributed by atoms with Crippen molar-refractivity contribution in [1.29, 1.82) is 0 Å². The molecule has 1 saturated heterocycles. The summed E-state index contributed by atoms with van der Waals surface area (Å²) in [5.74, 6) is -1.65. The van der Waals surface area contributed by atoms with Crippen LogP contribution in [0.1, 0.15) is 20.8 Å². The summed E-state index contributed by atoms with van der Waals surface area (Å²) in [4.78, 5) is 32.8. The van der Waals surface area contributed by atoms with Gasteiger partial charge in [0.25, 0.3) is 12.0 Å². The molecule has 0 spiro atoms. The van der Waals surface area contributed by atoms with E-state index in [2.05, 4.69) is 4.74 Å². The first-order valence-corrected chi connectivity index (χ1v) is 4.04. The Bertz CT molecular complexity index is 291. The van der Waals surface area contributed by atoms with E-state index in [1.54, 1.807) is 20.8 Å². The molecule has 1 atom stereocenters. The Labute approximate surface area is 80.5 Å². The number of carbonyl (C=O) groups is 3. The standard InChI is InChI=1S/C8H11NO5/c1-8(2,3)14-6(11)4-5(10)9-7(12)13-4/h4H,1-3H3,(H,9,10,12). The van der Waals surface area contributed by atoms with Gasteiger partial charge in [-0.1, -0.05) is 0 Å². The SMILES string of the molecule is CC(C)(C)OC(=O)C1OC(=O)NC1=O. The topological polar surface area (TPSA) is 81.7 Å². The van der Waals surface area contributed by atoms with Crippen molar-refractivity contribution < 1.29 is 23.9 Å². The lowest BCUT2D eigenvalue weighted by atomic mass is 10.2. The molecule has 0 aromatic rings. The Hall–Kier alpha value is -1.59. The summed E-state index contributed by atoms with van der Waals surface area (Å²) in [5.41, 5.74) is -0.716. The zero-order valence-corrected chi connectivity index (χ0v) is 8.12. The van der Waals surface area contributed by atoms with Crippen molar-refractivity contribution in [2.24, 2.45) is 0 Å². The second kappa shape index (κ2) is 3.28. The number of hydrogen-bond donors (Lipinski definition) is 1. The summed E-state index contributed by atoms with van der Waals surface area (Å²) in [7, 11) is 0. The summed E-state index contributed by atoms with van der Waals surface area (Å²) < 4.78 is 9.27. The molecule has 1 fully saturated rings. The number of carbonyl (C=O) groups excluding carboxylic acids is 3. The van der Waals surface area contributed by atoms with E-state index in [0.717, 1.165) is 0 Å². The molecule has 1 rings (SSSR count). The van der Waals surface area contributed by atoms with Crippen LogP contribution in [-0.4, -0.2) is 29.7 Å². The fourth-order valence-corrected chi connectivity index (χ4v) is 0.867. The maximum Gasteiger partial charge on any atom is 0.415 e. The van der Waals surface area contributed by atoms with Crippen molar-refractivity contribution in [3.63, 3.8) is 0 Å². The third-order valence-corrected chi connectivity index (χ3v) is 1.31. The fraction of sp³-hybridized carbons (Fsp3) is 0.625. The Balaban J connectivity index is 2.62. The lowest BCUT2D eigenvalue weighted by molar-refractivity contribution is -0.165. The second-order valence-electron chi connectivity index (χ2n) is 3.81. The maximum atomic E-state index is 11.3. The van der Waals surface area contributed by atoms with Crippen LogP contribution in [0.15, 0.2) is 0 Å². The van der Waals surface area contributed by atoms with Gasteiger partial charge in [-0.25, -0.2) is 9.59 Å². The molecule has 0 bridgehead atoms. The molecule has 0 aromatic carbocycles. The summed E-state index contributed by atoms with van der Waals surface area (Å²) in [6.45, 7) is 4.96. The molecule has 1 unspecified atom stereocenters. The number of alkyl carbamates (subject to hydrolysis) is 1. The molecule has 14 heavy (non-hydrogen) atoms. The first kappa shape index (κ1) is 10.5. The second-order valence-corrected chi connectivity index (χ2v) is 3.81. The van der Waals surface area contributed by atoms with Crippen LogP contribution in [-0.2, 0) is 19.1 Å². The van der Waals surface area contributed by atoms with Crippen LogP contribution in [0.3, 0.4) is 0 Å². The van der Waals surface area contributed by atoms with E-state index in [1.807, 2.05) is 5.32 Å². The summed E-state index contributed by atoms with van der Waals surface area (Å²) in [5, 5.41) is 1.83. The quantitative estimate of drug-likeness (QED) is 0.475. The Morgan fingerprint density at radius 2 is 2.00 bits per heavy atom. The third-order valence-electron chi connectivity index (χ3n) is 1.31. The van der Waals surface area contributed by atoms with Crippen LogP contribution in [0.25, 0.3) is 0 Å². The van der Waals surface area contributed by atoms with Crippen molar-refractivity contribution in [2.75, 3.05) is 0 Å². The van der Waals surface area contributed by atoms with E-state index in [1.165, 1.54) is 0 Å². The average molecular weight is 201 g/mol. The van der Waals surface area contributed by atoms with Gasteiger partial charge in [0.2, 0.25) is 0 Å². The Kier molecular flexibility index (Phi) is 2.46. The van der Waals surface area contributed by atoms with E-state index in [-0.39, 0.29) is 0 Å². The lowest BCUT2D eigenvalue weighted by Gasteiger charge is -2.20. The maximum absolute atomic E-state index is 11.3. The van der Waals surface area contributed by atoms with Gasteiger partial charge >= 0.3 is 12.1 Å². The lowest BCUT2D eigenvalue weighted by Crippen LogP contribution is -2.37. The van der Waals surface area contributed by atoms with Gasteiger partial charge in [-0.15, -0.1) is 0 Å². The van der Waals surface area contributed by atoms with Crippen molar-refractivity contribution in [3.05, 3.63) is 0 Å². The van der Waals surface area contributed by atoms with Crippen LogP contribution in [0, 0.1) is 0 Å². The smallest absolute Gasteiger partial charge is 0.415 e. The molecule has 1 heterocycles. The minimum absolute atomic E-state index is 0.716. The summed E-state index contributed by atoms with van der Waals surface area (Å²) >= 11 is 0. The first-order valence-electron chi connectivity index (χ1n) is 4.04. The highest BCUT2D eigenvalue weighted by molar-refractivity contribution is 6.11. The minimum Gasteiger partial charge on any atom is -0.457 e. The number of nitrogens with one attached hydrogen (secondary N) is 1. The molecule has 78 valence electrons. The molecule has 0 aliphatic carbocycles. The fourth-order valence-electron chi connectivity index (χ4n) is 0.867. The van der Waals surface area contributed by atoms with Gasteiger partial charge < -0.3 is 9.47 Å². The van der Waals surface area contributed by atoms with E-state index in [0.29, 0.717) is 0 Å². The molecule has 1 aliphatic heterocycles. The molecule has 0 saturated carbocycles. The predicted octanol–water partition coefficient (Wildman–Crippen LogP) is -0.0369. The minimum atomic E-state index is -1.47. The van der Waals surface area contributed by atoms with Crippen LogP contribution >= 0.6 is 0 Å². The van der Waals surface area contributed by atoms with Gasteiger partial charge in [0, 0.05) is 0 Å². The number of amides is 2. The highest BCUT2D eigenvalue weighted by Gasteiger charge is 2.40. The number of esters is 1. The number of imide groups is 1. The molecular weight excluding hydrogens is 190 g/mol. The van der Waals surface area contributed by atoms with Crippen molar-refractivity contribution in [2.45, 2.75) is 32.5 Å². The molecule has 1 N–H and O–H groups in total. The van der Waals surface area contributed by atoms with Crippen molar-refractivity contribution in [1.82, 2.24) is 5.32 Å². The van der Waals surface area contributed by atoms with Crippen molar-refractivity contribution >= 4 is 18.0 Å². The first-order chi connectivity index (χ1) is 6.29. The van der Waals surface area contributed by atoms with Gasteiger partial charge in [-0.3, -0.25) is 10.1 Å². The highest BCUT2D eigenvalue weighted by Crippen LogP contribution is 2.12. The van der Waals surface area contributed by atoms with Crippen LogP contribution in [0.5, 0.6) is 0 Å². The highest BCUT2D eigenvalue weighted by atomic mass is 16.6. The molecule has 1 aliphatic rings. The van der Waals surface area contributed by atoms with Gasteiger partial charge in [0.15, 0.2) is 0 Å². The van der Waals surface area contributed by atoms with Crippen LogP contribution in [0.2, 0.25) is 0 Å². The Morgan fingerprint density at radius 1 is 1.43 bits per heavy atom. The number of ether oxygens (including phenoxy) is 2. The zero-order valence-electron chi connectivity index (χ0n) is 8.12. The summed E-state index contributed by atoms with van der Waals surface area (Å²) in [6.07, 6.45) is -2.40. The largest absolute Gasteiger partial charge is 0.457 e. The van der Waals surface area contributed by atoms with E-state index in [4.69, 9.17) is 4.74 Å². The van der Waals surface area contributed by atoms with Gasteiger partial charge in [0.05, 0.1) is 0 Å². The normalized spacial score (nSPS) is 21.5. The Morgan fingerprint density at radius 3 is 2.36 bits per heavy atom. The van der Waals surface area contributed by atoms with E-state index >= 15 is 0 Å². The predicted molar refractivity (Wildman–Crippen MR) is 44.3 cm³/mol. The molecule has 2 amide bonds. The number of hydrogen-bond acceptors (Lipinski definition) is 5. The number of cyclic esters (lactones) is 1. The van der Waals surface area contributed by atoms with Gasteiger partial charge in [0.1, 0.15) is 5.60 Å². The molecule has 0 aromatic heterocycles. The van der Waals surface area contributed by atoms with E-state index < -0.39 is 29.7 Å².